The molecule has 1 N–H and O–H groups in total. The van der Waals surface area contributed by atoms with Gasteiger partial charge in [0.05, 0.1) is 5.69 Å². The Kier molecular flexibility index (Phi) is 5.17. The molecule has 0 saturated heterocycles. The Morgan fingerprint density at radius 2 is 2.10 bits per heavy atom. The van der Waals surface area contributed by atoms with Gasteiger partial charge >= 0.3 is 0 Å². The lowest BCUT2D eigenvalue weighted by molar-refractivity contribution is -0.107. The molecule has 0 aliphatic heterocycles. The average molecular weight is 367 g/mol. The maximum Gasteiger partial charge on any atom is 0.187 e. The molecule has 3 nitrogen and oxygen atoms in total. The van der Waals surface area contributed by atoms with Crippen LogP contribution in [0, 0.1) is 12.3 Å². The molecule has 1 heterocycles. The van der Waals surface area contributed by atoms with Gasteiger partial charge in [0.15, 0.2) is 4.80 Å². The number of nitrogens with zero attached hydrogens (tertiary/aromatic N) is 1. The SMILES string of the molecule is Br.Cc1ccc(CC=O)c(-n2c3c(sc2=N)CCCC3)c1. The van der Waals surface area contributed by atoms with Crippen molar-refractivity contribution >= 4 is 34.6 Å². The minimum atomic E-state index is 0. The average Bonchev–Trinajstić information content (AvgIpc) is 2.77. The van der Waals surface area contributed by atoms with Crippen LogP contribution in [0.2, 0.25) is 0 Å². The Labute approximate surface area is 138 Å². The number of halogens is 1. The summed E-state index contributed by atoms with van der Waals surface area (Å²) in [6.45, 7) is 2.05. The first kappa shape index (κ1) is 16.2. The number of carbonyl (C=O) groups is 1. The monoisotopic (exact) mass is 366 g/mol. The number of fused-ring (bicyclic) bond motifs is 1. The first-order valence-corrected chi connectivity index (χ1v) is 7.84. The van der Waals surface area contributed by atoms with Crippen molar-refractivity contribution in [2.45, 2.75) is 39.0 Å². The van der Waals surface area contributed by atoms with Crippen molar-refractivity contribution in [3.8, 4) is 5.69 Å². The molecule has 0 atom stereocenters. The molecule has 0 bridgehead atoms. The third kappa shape index (κ3) is 3.04. The number of thiazole rings is 1. The van der Waals surface area contributed by atoms with Gasteiger partial charge in [0.25, 0.3) is 0 Å². The van der Waals surface area contributed by atoms with E-state index in [2.05, 4.69) is 17.6 Å². The lowest BCUT2D eigenvalue weighted by Crippen LogP contribution is -2.17. The predicted molar refractivity (Wildman–Crippen MR) is 91.0 cm³/mol. The topological polar surface area (TPSA) is 45.9 Å². The zero-order chi connectivity index (χ0) is 14.1. The zero-order valence-electron chi connectivity index (χ0n) is 12.0. The minimum absolute atomic E-state index is 0. The quantitative estimate of drug-likeness (QED) is 0.829. The highest BCUT2D eigenvalue weighted by Gasteiger charge is 2.19. The summed E-state index contributed by atoms with van der Waals surface area (Å²) in [5.74, 6) is 0. The smallest absolute Gasteiger partial charge is 0.187 e. The van der Waals surface area contributed by atoms with Crippen LogP contribution in [0.1, 0.15) is 34.5 Å². The van der Waals surface area contributed by atoms with Crippen LogP contribution in [-0.2, 0) is 24.1 Å². The van der Waals surface area contributed by atoms with Crippen molar-refractivity contribution < 1.29 is 4.79 Å². The molecule has 1 aliphatic rings. The summed E-state index contributed by atoms with van der Waals surface area (Å²) in [7, 11) is 0. The molecule has 0 amide bonds. The largest absolute Gasteiger partial charge is 0.303 e. The van der Waals surface area contributed by atoms with E-state index in [1.807, 2.05) is 12.1 Å². The van der Waals surface area contributed by atoms with Crippen molar-refractivity contribution in [2.24, 2.45) is 0 Å². The Balaban J connectivity index is 0.00000161. The second-order valence-corrected chi connectivity index (χ2v) is 6.41. The van der Waals surface area contributed by atoms with Crippen molar-refractivity contribution in [1.82, 2.24) is 4.57 Å². The molecule has 0 spiro atoms. The maximum atomic E-state index is 10.9. The van der Waals surface area contributed by atoms with Gasteiger partial charge in [0.1, 0.15) is 6.29 Å². The fourth-order valence-electron chi connectivity index (χ4n) is 2.89. The van der Waals surface area contributed by atoms with Crippen LogP contribution in [0.4, 0.5) is 0 Å². The number of carbonyl (C=O) groups excluding carboxylic acids is 1. The van der Waals surface area contributed by atoms with E-state index in [0.717, 1.165) is 35.9 Å². The van der Waals surface area contributed by atoms with Crippen LogP contribution >= 0.6 is 28.3 Å². The second-order valence-electron chi connectivity index (χ2n) is 5.32. The van der Waals surface area contributed by atoms with Gasteiger partial charge in [-0.3, -0.25) is 9.98 Å². The molecule has 0 unspecified atom stereocenters. The number of benzene rings is 1. The molecule has 5 heteroatoms. The molecule has 2 aromatic rings. The summed E-state index contributed by atoms with van der Waals surface area (Å²) in [4.78, 5) is 12.8. The molecule has 0 saturated carbocycles. The number of aryl methyl sites for hydroxylation is 2. The van der Waals surface area contributed by atoms with Crippen molar-refractivity contribution in [3.05, 3.63) is 44.7 Å². The fraction of sp³-hybridized carbons (Fsp3) is 0.375. The van der Waals surface area contributed by atoms with Gasteiger partial charge < -0.3 is 4.79 Å². The summed E-state index contributed by atoms with van der Waals surface area (Å²) < 4.78 is 2.06. The second kappa shape index (κ2) is 6.71. The highest BCUT2D eigenvalue weighted by molar-refractivity contribution is 8.93. The number of aldehydes is 1. The van der Waals surface area contributed by atoms with E-state index < -0.39 is 0 Å². The van der Waals surface area contributed by atoms with Crippen molar-refractivity contribution in [3.63, 3.8) is 0 Å². The van der Waals surface area contributed by atoms with E-state index in [1.165, 1.54) is 23.4 Å². The summed E-state index contributed by atoms with van der Waals surface area (Å²) in [6.07, 6.45) is 5.90. The number of aromatic nitrogens is 1. The molecule has 112 valence electrons. The number of hydrogen-bond acceptors (Lipinski definition) is 3. The fourth-order valence-corrected chi connectivity index (χ4v) is 3.98. The Hall–Kier alpha value is -1.20. The molecular weight excluding hydrogens is 348 g/mol. The van der Waals surface area contributed by atoms with Gasteiger partial charge in [-0.05, 0) is 49.8 Å². The van der Waals surface area contributed by atoms with E-state index >= 15 is 0 Å². The minimum Gasteiger partial charge on any atom is -0.303 e. The predicted octanol–water partition coefficient (Wildman–Crippen LogP) is 3.52. The third-order valence-corrected chi connectivity index (χ3v) is 4.93. The van der Waals surface area contributed by atoms with Crippen molar-refractivity contribution in [2.75, 3.05) is 0 Å². The van der Waals surface area contributed by atoms with E-state index in [1.54, 1.807) is 11.3 Å². The van der Waals surface area contributed by atoms with Crippen LogP contribution in [0.25, 0.3) is 5.69 Å². The third-order valence-electron chi connectivity index (χ3n) is 3.87. The molecule has 1 aliphatic carbocycles. The molecule has 1 aromatic heterocycles. The molecular formula is C16H19BrN2OS. The van der Waals surface area contributed by atoms with Crippen LogP contribution in [0.5, 0.6) is 0 Å². The first-order chi connectivity index (χ1) is 9.70. The normalized spacial score (nSPS) is 13.4. The summed E-state index contributed by atoms with van der Waals surface area (Å²) in [6, 6.07) is 6.14. The van der Waals surface area contributed by atoms with Gasteiger partial charge in [-0.2, -0.15) is 0 Å². The molecule has 1 aromatic carbocycles. The molecule has 0 radical (unpaired) electrons. The Morgan fingerprint density at radius 1 is 1.33 bits per heavy atom. The number of nitrogens with one attached hydrogen (secondary N) is 1. The van der Waals surface area contributed by atoms with Crippen LogP contribution in [0.15, 0.2) is 18.2 Å². The Bertz CT molecular complexity index is 718. The lowest BCUT2D eigenvalue weighted by Gasteiger charge is -2.17. The van der Waals surface area contributed by atoms with E-state index in [4.69, 9.17) is 5.41 Å². The van der Waals surface area contributed by atoms with E-state index in [9.17, 15) is 4.79 Å². The number of hydrogen-bond donors (Lipinski definition) is 1. The van der Waals surface area contributed by atoms with Crippen molar-refractivity contribution in [1.29, 1.82) is 5.41 Å². The van der Waals surface area contributed by atoms with Gasteiger partial charge in [0.2, 0.25) is 0 Å². The Morgan fingerprint density at radius 3 is 2.86 bits per heavy atom. The maximum absolute atomic E-state index is 10.9. The van der Waals surface area contributed by atoms with Crippen LogP contribution in [-0.4, -0.2) is 10.9 Å². The summed E-state index contributed by atoms with van der Waals surface area (Å²) >= 11 is 1.59. The summed E-state index contributed by atoms with van der Waals surface area (Å²) in [5, 5.41) is 8.30. The highest BCUT2D eigenvalue weighted by atomic mass is 79.9. The van der Waals surface area contributed by atoms with Gasteiger partial charge in [-0.25, -0.2) is 0 Å². The van der Waals surface area contributed by atoms with E-state index in [-0.39, 0.29) is 17.0 Å². The summed E-state index contributed by atoms with van der Waals surface area (Å²) in [5.41, 5.74) is 4.47. The molecule has 21 heavy (non-hydrogen) atoms. The highest BCUT2D eigenvalue weighted by Crippen LogP contribution is 2.27. The first-order valence-electron chi connectivity index (χ1n) is 7.02. The standard InChI is InChI=1S/C16H18N2OS.BrH/c1-11-6-7-12(8-9-19)14(10-11)18-13-4-2-3-5-15(13)20-16(18)17;/h6-7,9-10,17H,2-5,8H2,1H3;1H. The van der Waals surface area contributed by atoms with Gasteiger partial charge in [-0.15, -0.1) is 28.3 Å². The zero-order valence-corrected chi connectivity index (χ0v) is 14.5. The van der Waals surface area contributed by atoms with Gasteiger partial charge in [0, 0.05) is 17.0 Å². The van der Waals surface area contributed by atoms with Crippen LogP contribution < -0.4 is 4.80 Å². The molecule has 3 rings (SSSR count). The molecule has 0 fully saturated rings. The lowest BCUT2D eigenvalue weighted by atomic mass is 10.0. The number of rotatable bonds is 3. The van der Waals surface area contributed by atoms with E-state index in [0.29, 0.717) is 11.2 Å². The van der Waals surface area contributed by atoms with Crippen LogP contribution in [0.3, 0.4) is 0 Å². The van der Waals surface area contributed by atoms with Gasteiger partial charge in [-0.1, -0.05) is 12.1 Å².